The third-order valence-corrected chi connectivity index (χ3v) is 3.00. The van der Waals surface area contributed by atoms with Crippen LogP contribution in [0.2, 0.25) is 0 Å². The number of pyridine rings is 1. The van der Waals surface area contributed by atoms with Gasteiger partial charge in [0.1, 0.15) is 5.82 Å². The Balaban J connectivity index is 2.12. The van der Waals surface area contributed by atoms with Crippen molar-refractivity contribution in [1.29, 1.82) is 0 Å². The van der Waals surface area contributed by atoms with Gasteiger partial charge in [0.25, 0.3) is 0 Å². The van der Waals surface area contributed by atoms with Gasteiger partial charge in [-0.05, 0) is 24.8 Å². The van der Waals surface area contributed by atoms with Gasteiger partial charge in [0, 0.05) is 31.0 Å². The standard InChI is InChI=1S/C11H17N3O/c12-10(8-3-6-15-7-4-8)9-2-1-5-14-11(9)13/h1-2,5,8,10H,3-4,6-7,12H2,(H2,13,14). The fourth-order valence-corrected chi connectivity index (χ4v) is 2.04. The van der Waals surface area contributed by atoms with Crippen molar-refractivity contribution in [3.05, 3.63) is 23.9 Å². The summed E-state index contributed by atoms with van der Waals surface area (Å²) in [6, 6.07) is 3.83. The Hall–Kier alpha value is -1.13. The van der Waals surface area contributed by atoms with Gasteiger partial charge in [-0.2, -0.15) is 0 Å². The summed E-state index contributed by atoms with van der Waals surface area (Å²) < 4.78 is 5.31. The van der Waals surface area contributed by atoms with Crippen molar-refractivity contribution in [3.8, 4) is 0 Å². The Labute approximate surface area is 89.6 Å². The van der Waals surface area contributed by atoms with Crippen LogP contribution in [0.5, 0.6) is 0 Å². The fourth-order valence-electron chi connectivity index (χ4n) is 2.04. The number of anilines is 1. The largest absolute Gasteiger partial charge is 0.383 e. The van der Waals surface area contributed by atoms with Gasteiger partial charge in [-0.1, -0.05) is 6.07 Å². The molecule has 0 amide bonds. The first kappa shape index (κ1) is 10.4. The number of nitrogens with zero attached hydrogens (tertiary/aromatic N) is 1. The molecular formula is C11H17N3O. The second kappa shape index (κ2) is 4.59. The summed E-state index contributed by atoms with van der Waals surface area (Å²) in [6.45, 7) is 1.61. The molecule has 1 aliphatic heterocycles. The van der Waals surface area contributed by atoms with E-state index in [0.717, 1.165) is 31.6 Å². The second-order valence-corrected chi connectivity index (χ2v) is 3.95. The van der Waals surface area contributed by atoms with Crippen molar-refractivity contribution in [3.63, 3.8) is 0 Å². The van der Waals surface area contributed by atoms with Gasteiger partial charge in [0.2, 0.25) is 0 Å². The normalized spacial score (nSPS) is 20.1. The minimum atomic E-state index is -0.0115. The van der Waals surface area contributed by atoms with Gasteiger partial charge in [-0.3, -0.25) is 0 Å². The fraction of sp³-hybridized carbons (Fsp3) is 0.545. The van der Waals surface area contributed by atoms with Crippen molar-refractivity contribution >= 4 is 5.82 Å². The Bertz CT molecular complexity index is 323. The lowest BCUT2D eigenvalue weighted by molar-refractivity contribution is 0.0584. The van der Waals surface area contributed by atoms with Crippen LogP contribution in [0, 0.1) is 5.92 Å². The third-order valence-electron chi connectivity index (χ3n) is 3.00. The molecule has 4 N–H and O–H groups in total. The zero-order valence-corrected chi connectivity index (χ0v) is 8.73. The van der Waals surface area contributed by atoms with Crippen molar-refractivity contribution < 1.29 is 4.74 Å². The molecule has 1 aromatic rings. The van der Waals surface area contributed by atoms with Gasteiger partial charge in [-0.15, -0.1) is 0 Å². The summed E-state index contributed by atoms with van der Waals surface area (Å²) in [5.41, 5.74) is 13.0. The Morgan fingerprint density at radius 2 is 2.13 bits per heavy atom. The summed E-state index contributed by atoms with van der Waals surface area (Å²) in [7, 11) is 0. The van der Waals surface area contributed by atoms with Crippen LogP contribution in [-0.2, 0) is 4.74 Å². The highest BCUT2D eigenvalue weighted by Gasteiger charge is 2.23. The Morgan fingerprint density at radius 3 is 2.80 bits per heavy atom. The zero-order chi connectivity index (χ0) is 10.7. The van der Waals surface area contributed by atoms with E-state index in [2.05, 4.69) is 4.98 Å². The van der Waals surface area contributed by atoms with Crippen molar-refractivity contribution in [2.75, 3.05) is 18.9 Å². The molecule has 0 bridgehead atoms. The highest BCUT2D eigenvalue weighted by molar-refractivity contribution is 5.40. The molecule has 4 heteroatoms. The molecular weight excluding hydrogens is 190 g/mol. The molecule has 1 saturated heterocycles. The number of hydrogen-bond donors (Lipinski definition) is 2. The number of rotatable bonds is 2. The van der Waals surface area contributed by atoms with E-state index in [4.69, 9.17) is 16.2 Å². The molecule has 1 atom stereocenters. The second-order valence-electron chi connectivity index (χ2n) is 3.95. The van der Waals surface area contributed by atoms with Gasteiger partial charge >= 0.3 is 0 Å². The van der Waals surface area contributed by atoms with E-state index in [-0.39, 0.29) is 6.04 Å². The average molecular weight is 207 g/mol. The maximum atomic E-state index is 6.20. The molecule has 1 fully saturated rings. The van der Waals surface area contributed by atoms with E-state index >= 15 is 0 Å². The predicted molar refractivity (Wildman–Crippen MR) is 59.1 cm³/mol. The molecule has 4 nitrogen and oxygen atoms in total. The van der Waals surface area contributed by atoms with E-state index in [1.165, 1.54) is 0 Å². The van der Waals surface area contributed by atoms with Gasteiger partial charge in [0.05, 0.1) is 0 Å². The number of ether oxygens (including phenoxy) is 1. The molecule has 15 heavy (non-hydrogen) atoms. The van der Waals surface area contributed by atoms with Crippen LogP contribution in [0.4, 0.5) is 5.82 Å². The van der Waals surface area contributed by atoms with Crippen molar-refractivity contribution in [2.24, 2.45) is 11.7 Å². The molecule has 0 saturated carbocycles. The van der Waals surface area contributed by atoms with E-state index in [1.807, 2.05) is 12.1 Å². The van der Waals surface area contributed by atoms with Crippen LogP contribution in [0.25, 0.3) is 0 Å². The number of aromatic nitrogens is 1. The molecule has 0 aromatic carbocycles. The van der Waals surface area contributed by atoms with Crippen LogP contribution >= 0.6 is 0 Å². The Kier molecular flexibility index (Phi) is 3.18. The molecule has 1 aromatic heterocycles. The molecule has 1 aliphatic rings. The highest BCUT2D eigenvalue weighted by Crippen LogP contribution is 2.29. The van der Waals surface area contributed by atoms with E-state index in [1.54, 1.807) is 6.20 Å². The lowest BCUT2D eigenvalue weighted by Gasteiger charge is -2.28. The molecule has 2 heterocycles. The van der Waals surface area contributed by atoms with Gasteiger partial charge in [-0.25, -0.2) is 4.98 Å². The van der Waals surface area contributed by atoms with E-state index in [9.17, 15) is 0 Å². The molecule has 1 unspecified atom stereocenters. The zero-order valence-electron chi connectivity index (χ0n) is 8.73. The number of nitrogens with two attached hydrogens (primary N) is 2. The minimum absolute atomic E-state index is 0.0115. The van der Waals surface area contributed by atoms with Gasteiger partial charge in [0.15, 0.2) is 0 Å². The van der Waals surface area contributed by atoms with Crippen molar-refractivity contribution in [1.82, 2.24) is 4.98 Å². The summed E-state index contributed by atoms with van der Waals surface area (Å²) in [5, 5.41) is 0. The molecule has 0 spiro atoms. The van der Waals surface area contributed by atoms with E-state index in [0.29, 0.717) is 11.7 Å². The third kappa shape index (κ3) is 2.27. The van der Waals surface area contributed by atoms with Crippen LogP contribution in [-0.4, -0.2) is 18.2 Å². The maximum Gasteiger partial charge on any atom is 0.128 e. The summed E-state index contributed by atoms with van der Waals surface area (Å²) in [4.78, 5) is 4.06. The molecule has 0 radical (unpaired) electrons. The smallest absolute Gasteiger partial charge is 0.128 e. The number of nitrogen functional groups attached to an aromatic ring is 1. The predicted octanol–water partition coefficient (Wildman–Crippen LogP) is 1.09. The number of hydrogen-bond acceptors (Lipinski definition) is 4. The summed E-state index contributed by atoms with van der Waals surface area (Å²) >= 11 is 0. The van der Waals surface area contributed by atoms with Gasteiger partial charge < -0.3 is 16.2 Å². The van der Waals surface area contributed by atoms with Crippen molar-refractivity contribution in [2.45, 2.75) is 18.9 Å². The topological polar surface area (TPSA) is 74.2 Å². The van der Waals surface area contributed by atoms with E-state index < -0.39 is 0 Å². The van der Waals surface area contributed by atoms with Crippen LogP contribution in [0.1, 0.15) is 24.4 Å². The lowest BCUT2D eigenvalue weighted by atomic mass is 9.88. The van der Waals surface area contributed by atoms with Crippen LogP contribution < -0.4 is 11.5 Å². The van der Waals surface area contributed by atoms with Crippen LogP contribution in [0.15, 0.2) is 18.3 Å². The lowest BCUT2D eigenvalue weighted by Crippen LogP contribution is -2.28. The monoisotopic (exact) mass is 207 g/mol. The molecule has 2 rings (SSSR count). The maximum absolute atomic E-state index is 6.20. The first-order chi connectivity index (χ1) is 7.29. The summed E-state index contributed by atoms with van der Waals surface area (Å²) in [5.74, 6) is 1.02. The molecule has 0 aliphatic carbocycles. The summed E-state index contributed by atoms with van der Waals surface area (Å²) in [6.07, 6.45) is 3.71. The highest BCUT2D eigenvalue weighted by atomic mass is 16.5. The van der Waals surface area contributed by atoms with Crippen LogP contribution in [0.3, 0.4) is 0 Å². The Morgan fingerprint density at radius 1 is 1.40 bits per heavy atom. The molecule has 82 valence electrons. The first-order valence-electron chi connectivity index (χ1n) is 5.33. The first-order valence-corrected chi connectivity index (χ1v) is 5.33. The quantitative estimate of drug-likeness (QED) is 0.761. The SMILES string of the molecule is Nc1ncccc1C(N)C1CCOCC1. The minimum Gasteiger partial charge on any atom is -0.383 e. The average Bonchev–Trinajstić information content (AvgIpc) is 2.30.